The average molecular weight is 288 g/mol. The van der Waals surface area contributed by atoms with Crippen molar-refractivity contribution in [3.05, 3.63) is 64.4 Å². The van der Waals surface area contributed by atoms with E-state index in [1.165, 1.54) is 12.1 Å². The Balaban J connectivity index is 2.11. The topological polar surface area (TPSA) is 29.1 Å². The lowest BCUT2D eigenvalue weighted by atomic mass is 10.1. The zero-order valence-corrected chi connectivity index (χ0v) is 11.2. The first-order valence-electron chi connectivity index (χ1n) is 5.89. The van der Waals surface area contributed by atoms with Crippen LogP contribution in [0.4, 0.5) is 10.1 Å². The van der Waals surface area contributed by atoms with E-state index in [-0.39, 0.29) is 22.9 Å². The van der Waals surface area contributed by atoms with E-state index in [1.54, 1.807) is 30.3 Å². The summed E-state index contributed by atoms with van der Waals surface area (Å²) in [7, 11) is 0. The predicted molar refractivity (Wildman–Crippen MR) is 78.1 cm³/mol. The molecule has 0 radical (unpaired) electrons. The van der Waals surface area contributed by atoms with Crippen molar-refractivity contribution < 1.29 is 9.18 Å². The fraction of sp³-hybridized carbons (Fsp3) is 0.0625. The van der Waals surface area contributed by atoms with Crippen molar-refractivity contribution in [2.75, 3.05) is 5.32 Å². The van der Waals surface area contributed by atoms with Crippen molar-refractivity contribution in [3.63, 3.8) is 0 Å². The number of anilines is 1. The Morgan fingerprint density at radius 3 is 2.75 bits per heavy atom. The number of nitrogens with one attached hydrogen (secondary N) is 1. The number of halogens is 2. The number of hydrogen-bond donors (Lipinski definition) is 1. The molecule has 0 bridgehead atoms. The van der Waals surface area contributed by atoms with Crippen LogP contribution in [-0.2, 0) is 11.2 Å². The Morgan fingerprint density at radius 2 is 2.05 bits per heavy atom. The smallest absolute Gasteiger partial charge is 0.228 e. The SMILES string of the molecule is C#Cc1cccc(NC(=O)Cc2c(F)cccc2Cl)c1. The van der Waals surface area contributed by atoms with Crippen molar-refractivity contribution in [1.29, 1.82) is 0 Å². The van der Waals surface area contributed by atoms with Gasteiger partial charge in [-0.15, -0.1) is 6.42 Å². The summed E-state index contributed by atoms with van der Waals surface area (Å²) in [5.74, 6) is 1.63. The lowest BCUT2D eigenvalue weighted by molar-refractivity contribution is -0.115. The Hall–Kier alpha value is -2.31. The molecule has 0 saturated carbocycles. The third kappa shape index (κ3) is 3.37. The van der Waals surface area contributed by atoms with Gasteiger partial charge >= 0.3 is 0 Å². The molecule has 2 rings (SSSR count). The molecule has 20 heavy (non-hydrogen) atoms. The zero-order valence-electron chi connectivity index (χ0n) is 10.5. The molecule has 0 spiro atoms. The van der Waals surface area contributed by atoms with Crippen LogP contribution in [0, 0.1) is 18.2 Å². The van der Waals surface area contributed by atoms with Gasteiger partial charge in [0.25, 0.3) is 0 Å². The number of benzene rings is 2. The number of terminal acetylenes is 1. The number of carbonyl (C=O) groups excluding carboxylic acids is 1. The highest BCUT2D eigenvalue weighted by Gasteiger charge is 2.12. The number of rotatable bonds is 3. The summed E-state index contributed by atoms with van der Waals surface area (Å²) in [6.07, 6.45) is 5.15. The molecule has 4 heteroatoms. The van der Waals surface area contributed by atoms with Crippen LogP contribution in [0.25, 0.3) is 0 Å². The molecule has 0 aromatic heterocycles. The van der Waals surface area contributed by atoms with Gasteiger partial charge in [-0.25, -0.2) is 4.39 Å². The van der Waals surface area contributed by atoms with Gasteiger partial charge in [-0.05, 0) is 30.3 Å². The summed E-state index contributed by atoms with van der Waals surface area (Å²) in [6, 6.07) is 11.2. The van der Waals surface area contributed by atoms with Crippen molar-refractivity contribution >= 4 is 23.2 Å². The fourth-order valence-corrected chi connectivity index (χ4v) is 1.98. The summed E-state index contributed by atoms with van der Waals surface area (Å²) in [4.78, 5) is 11.9. The second-order valence-electron chi connectivity index (χ2n) is 4.15. The van der Waals surface area contributed by atoms with E-state index >= 15 is 0 Å². The van der Waals surface area contributed by atoms with Crippen molar-refractivity contribution in [3.8, 4) is 12.3 Å². The minimum absolute atomic E-state index is 0.133. The Morgan fingerprint density at radius 1 is 1.30 bits per heavy atom. The summed E-state index contributed by atoms with van der Waals surface area (Å²) in [6.45, 7) is 0. The summed E-state index contributed by atoms with van der Waals surface area (Å²) >= 11 is 5.88. The Bertz CT molecular complexity index is 671. The van der Waals surface area contributed by atoms with E-state index in [0.29, 0.717) is 11.3 Å². The van der Waals surface area contributed by atoms with Gasteiger partial charge in [0, 0.05) is 21.8 Å². The molecular weight excluding hydrogens is 277 g/mol. The fourth-order valence-electron chi connectivity index (χ4n) is 1.75. The highest BCUT2D eigenvalue weighted by molar-refractivity contribution is 6.31. The molecule has 0 unspecified atom stereocenters. The summed E-state index contributed by atoms with van der Waals surface area (Å²) in [5.41, 5.74) is 1.41. The van der Waals surface area contributed by atoms with Crippen molar-refractivity contribution in [2.45, 2.75) is 6.42 Å². The Kier molecular flexibility index (Phi) is 4.39. The monoisotopic (exact) mass is 287 g/mol. The van der Waals surface area contributed by atoms with Gasteiger partial charge in [0.15, 0.2) is 0 Å². The molecule has 0 fully saturated rings. The average Bonchev–Trinajstić information content (AvgIpc) is 2.43. The second kappa shape index (κ2) is 6.23. The third-order valence-electron chi connectivity index (χ3n) is 2.71. The highest BCUT2D eigenvalue weighted by atomic mass is 35.5. The summed E-state index contributed by atoms with van der Waals surface area (Å²) in [5, 5.41) is 2.89. The minimum Gasteiger partial charge on any atom is -0.326 e. The first-order valence-corrected chi connectivity index (χ1v) is 6.27. The van der Waals surface area contributed by atoms with Gasteiger partial charge in [-0.1, -0.05) is 29.7 Å². The maximum Gasteiger partial charge on any atom is 0.228 e. The first-order chi connectivity index (χ1) is 9.60. The van der Waals surface area contributed by atoms with E-state index < -0.39 is 5.82 Å². The van der Waals surface area contributed by atoms with E-state index in [0.717, 1.165) is 0 Å². The van der Waals surface area contributed by atoms with Gasteiger partial charge in [-0.2, -0.15) is 0 Å². The molecule has 0 atom stereocenters. The van der Waals surface area contributed by atoms with Gasteiger partial charge in [0.1, 0.15) is 5.82 Å². The molecule has 0 saturated heterocycles. The molecule has 2 nitrogen and oxygen atoms in total. The van der Waals surface area contributed by atoms with Gasteiger partial charge in [-0.3, -0.25) is 4.79 Å². The normalized spacial score (nSPS) is 9.85. The predicted octanol–water partition coefficient (Wildman–Crippen LogP) is 3.64. The van der Waals surface area contributed by atoms with E-state index in [2.05, 4.69) is 11.2 Å². The van der Waals surface area contributed by atoms with Crippen LogP contribution in [0.5, 0.6) is 0 Å². The lowest BCUT2D eigenvalue weighted by Gasteiger charge is -2.08. The summed E-state index contributed by atoms with van der Waals surface area (Å²) < 4.78 is 13.6. The molecular formula is C16H11ClFNO. The van der Waals surface area contributed by atoms with Gasteiger partial charge in [0.05, 0.1) is 6.42 Å². The Labute approximate surface area is 121 Å². The first kappa shape index (κ1) is 14.1. The minimum atomic E-state index is -0.495. The highest BCUT2D eigenvalue weighted by Crippen LogP contribution is 2.20. The van der Waals surface area contributed by atoms with Gasteiger partial charge < -0.3 is 5.32 Å². The zero-order chi connectivity index (χ0) is 14.5. The molecule has 1 amide bonds. The second-order valence-corrected chi connectivity index (χ2v) is 4.56. The molecule has 0 heterocycles. The van der Waals surface area contributed by atoms with Crippen LogP contribution in [0.2, 0.25) is 5.02 Å². The van der Waals surface area contributed by atoms with Crippen LogP contribution in [0.3, 0.4) is 0 Å². The van der Waals surface area contributed by atoms with Crippen LogP contribution >= 0.6 is 11.6 Å². The standard InChI is InChI=1S/C16H11ClFNO/c1-2-11-5-3-6-12(9-11)19-16(20)10-13-14(17)7-4-8-15(13)18/h1,3-9H,10H2,(H,19,20). The quantitative estimate of drug-likeness (QED) is 0.858. The van der Waals surface area contributed by atoms with Gasteiger partial charge in [0.2, 0.25) is 5.91 Å². The molecule has 2 aromatic carbocycles. The molecule has 0 aliphatic heterocycles. The van der Waals surface area contributed by atoms with Crippen LogP contribution in [-0.4, -0.2) is 5.91 Å². The van der Waals surface area contributed by atoms with Crippen molar-refractivity contribution in [1.82, 2.24) is 0 Å². The van der Waals surface area contributed by atoms with Crippen LogP contribution in [0.1, 0.15) is 11.1 Å². The number of carbonyl (C=O) groups is 1. The molecule has 1 N–H and O–H groups in total. The lowest BCUT2D eigenvalue weighted by Crippen LogP contribution is -2.15. The van der Waals surface area contributed by atoms with Crippen LogP contribution in [0.15, 0.2) is 42.5 Å². The maximum absolute atomic E-state index is 13.6. The van der Waals surface area contributed by atoms with E-state index in [4.69, 9.17) is 18.0 Å². The molecule has 2 aromatic rings. The molecule has 0 aliphatic carbocycles. The molecule has 100 valence electrons. The number of amides is 1. The van der Waals surface area contributed by atoms with Crippen molar-refractivity contribution in [2.24, 2.45) is 0 Å². The maximum atomic E-state index is 13.6. The van der Waals surface area contributed by atoms with E-state index in [9.17, 15) is 9.18 Å². The van der Waals surface area contributed by atoms with E-state index in [1.807, 2.05) is 0 Å². The molecule has 0 aliphatic rings. The van der Waals surface area contributed by atoms with Crippen LogP contribution < -0.4 is 5.32 Å². The third-order valence-corrected chi connectivity index (χ3v) is 3.07. The number of hydrogen-bond acceptors (Lipinski definition) is 1. The largest absolute Gasteiger partial charge is 0.326 e.